The smallest absolute Gasteiger partial charge is 0.130 e. The Balaban J connectivity index is 2.15. The molecule has 0 aliphatic heterocycles. The number of aryl methyl sites for hydroxylation is 2. The van der Waals surface area contributed by atoms with E-state index in [9.17, 15) is 0 Å². The molecule has 0 atom stereocenters. The van der Waals surface area contributed by atoms with Crippen LogP contribution in [0.4, 0.5) is 0 Å². The lowest BCUT2D eigenvalue weighted by atomic mass is 10.1. The molecule has 0 radical (unpaired) electrons. The number of nitrogens with zero attached hydrogens (tertiary/aromatic N) is 2. The first-order chi connectivity index (χ1) is 10.2. The molecule has 0 saturated heterocycles. The molecule has 21 heavy (non-hydrogen) atoms. The zero-order chi connectivity index (χ0) is 15.2. The maximum absolute atomic E-state index is 5.96. The van der Waals surface area contributed by atoms with Gasteiger partial charge in [0, 0.05) is 6.54 Å². The Hall–Kier alpha value is -2.01. The van der Waals surface area contributed by atoms with Crippen LogP contribution in [0.2, 0.25) is 0 Å². The van der Waals surface area contributed by atoms with E-state index in [2.05, 4.69) is 18.1 Å². The molecule has 0 saturated carbocycles. The van der Waals surface area contributed by atoms with E-state index in [4.69, 9.17) is 15.2 Å². The lowest BCUT2D eigenvalue weighted by Crippen LogP contribution is -2.08. The van der Waals surface area contributed by atoms with Crippen LogP contribution in [0.5, 0.6) is 11.5 Å². The Kier molecular flexibility index (Phi) is 5.22. The third-order valence-corrected chi connectivity index (χ3v) is 3.34. The first-order valence-electron chi connectivity index (χ1n) is 7.21. The van der Waals surface area contributed by atoms with Crippen molar-refractivity contribution in [2.24, 2.45) is 5.73 Å². The summed E-state index contributed by atoms with van der Waals surface area (Å²) in [6.45, 7) is 5.98. The van der Waals surface area contributed by atoms with Gasteiger partial charge in [-0.05, 0) is 56.6 Å². The van der Waals surface area contributed by atoms with Crippen molar-refractivity contribution in [3.63, 3.8) is 0 Å². The van der Waals surface area contributed by atoms with Crippen molar-refractivity contribution in [2.45, 2.75) is 33.4 Å². The highest BCUT2D eigenvalue weighted by Crippen LogP contribution is 2.25. The topological polar surface area (TPSA) is 62.3 Å². The van der Waals surface area contributed by atoms with Gasteiger partial charge in [-0.3, -0.25) is 4.68 Å². The number of hydrogen-bond acceptors (Lipinski definition) is 4. The van der Waals surface area contributed by atoms with Gasteiger partial charge in [-0.25, -0.2) is 0 Å². The van der Waals surface area contributed by atoms with Crippen molar-refractivity contribution in [3.05, 3.63) is 41.2 Å². The summed E-state index contributed by atoms with van der Waals surface area (Å²) in [5.74, 6) is 1.67. The quantitative estimate of drug-likeness (QED) is 0.849. The molecule has 0 amide bonds. The summed E-state index contributed by atoms with van der Waals surface area (Å²) >= 11 is 0. The minimum atomic E-state index is 0.499. The number of aromatic nitrogens is 2. The number of nitrogens with two attached hydrogens (primary N) is 1. The van der Waals surface area contributed by atoms with Gasteiger partial charge in [-0.15, -0.1) is 0 Å². The average Bonchev–Trinajstić information content (AvgIpc) is 2.86. The summed E-state index contributed by atoms with van der Waals surface area (Å²) in [7, 11) is 1.66. The normalized spacial score (nSPS) is 10.7. The highest BCUT2D eigenvalue weighted by Gasteiger charge is 2.08. The van der Waals surface area contributed by atoms with Gasteiger partial charge in [0.05, 0.1) is 18.5 Å². The molecular formula is C16H23N3O2. The predicted molar refractivity (Wildman–Crippen MR) is 82.7 cm³/mol. The highest BCUT2D eigenvalue weighted by atomic mass is 16.5. The first-order valence-corrected chi connectivity index (χ1v) is 7.21. The highest BCUT2D eigenvalue weighted by molar-refractivity contribution is 5.40. The maximum atomic E-state index is 5.96. The van der Waals surface area contributed by atoms with Crippen molar-refractivity contribution in [1.82, 2.24) is 9.78 Å². The van der Waals surface area contributed by atoms with Crippen molar-refractivity contribution < 1.29 is 9.47 Å². The minimum Gasteiger partial charge on any atom is -0.497 e. The molecule has 0 spiro atoms. The molecule has 1 aromatic heterocycles. The zero-order valence-electron chi connectivity index (χ0n) is 12.9. The summed E-state index contributed by atoms with van der Waals surface area (Å²) in [5, 5.41) is 4.42. The van der Waals surface area contributed by atoms with E-state index >= 15 is 0 Å². The molecule has 0 fully saturated rings. The number of hydrogen-bond donors (Lipinski definition) is 1. The van der Waals surface area contributed by atoms with Gasteiger partial charge >= 0.3 is 0 Å². The predicted octanol–water partition coefficient (Wildman–Crippen LogP) is 2.30. The van der Waals surface area contributed by atoms with Crippen LogP contribution in [0, 0.1) is 6.92 Å². The van der Waals surface area contributed by atoms with Gasteiger partial charge in [0.25, 0.3) is 0 Å². The van der Waals surface area contributed by atoms with Gasteiger partial charge in [0.15, 0.2) is 0 Å². The van der Waals surface area contributed by atoms with Gasteiger partial charge in [0.1, 0.15) is 18.1 Å². The average molecular weight is 289 g/mol. The Morgan fingerprint density at radius 1 is 1.29 bits per heavy atom. The molecule has 5 nitrogen and oxygen atoms in total. The molecule has 2 N–H and O–H groups in total. The van der Waals surface area contributed by atoms with E-state index in [0.717, 1.165) is 41.4 Å². The Bertz CT molecular complexity index is 593. The van der Waals surface area contributed by atoms with Crippen molar-refractivity contribution >= 4 is 0 Å². The van der Waals surface area contributed by atoms with Crippen molar-refractivity contribution in [1.29, 1.82) is 0 Å². The molecule has 0 aliphatic carbocycles. The number of benzene rings is 1. The SMILES string of the molecule is CCn1nc(C)cc1COc1ccc(OC)cc1CCN. The summed E-state index contributed by atoms with van der Waals surface area (Å²) < 4.78 is 13.2. The minimum absolute atomic E-state index is 0.499. The van der Waals surface area contributed by atoms with Gasteiger partial charge < -0.3 is 15.2 Å². The number of methoxy groups -OCH3 is 1. The fraction of sp³-hybridized carbons (Fsp3) is 0.438. The van der Waals surface area contributed by atoms with E-state index in [1.54, 1.807) is 7.11 Å². The summed E-state index contributed by atoms with van der Waals surface area (Å²) in [6.07, 6.45) is 0.763. The maximum Gasteiger partial charge on any atom is 0.130 e. The molecule has 1 heterocycles. The van der Waals surface area contributed by atoms with Crippen LogP contribution in [0.1, 0.15) is 23.9 Å². The molecule has 5 heteroatoms. The monoisotopic (exact) mass is 289 g/mol. The largest absolute Gasteiger partial charge is 0.497 e. The van der Waals surface area contributed by atoms with Gasteiger partial charge in [-0.1, -0.05) is 0 Å². The van der Waals surface area contributed by atoms with Crippen molar-refractivity contribution in [3.8, 4) is 11.5 Å². The standard InChI is InChI=1S/C16H23N3O2/c1-4-19-14(9-12(2)18-19)11-21-16-6-5-15(20-3)10-13(16)7-8-17/h5-6,9-10H,4,7-8,11,17H2,1-3H3. The second-order valence-electron chi connectivity index (χ2n) is 4.89. The fourth-order valence-corrected chi connectivity index (χ4v) is 2.32. The lowest BCUT2D eigenvalue weighted by Gasteiger charge is -2.13. The van der Waals surface area contributed by atoms with Crippen LogP contribution in [-0.2, 0) is 19.6 Å². The number of ether oxygens (including phenoxy) is 2. The van der Waals surface area contributed by atoms with E-state index < -0.39 is 0 Å². The fourth-order valence-electron chi connectivity index (χ4n) is 2.32. The second-order valence-corrected chi connectivity index (χ2v) is 4.89. The molecule has 0 aliphatic rings. The van der Waals surface area contributed by atoms with Crippen LogP contribution < -0.4 is 15.2 Å². The molecule has 1 aromatic carbocycles. The summed E-state index contributed by atoms with van der Waals surface area (Å²) in [6, 6.07) is 7.86. The molecular weight excluding hydrogens is 266 g/mol. The van der Waals surface area contributed by atoms with Crippen LogP contribution in [-0.4, -0.2) is 23.4 Å². The number of rotatable bonds is 7. The van der Waals surface area contributed by atoms with E-state index in [1.165, 1.54) is 0 Å². The molecule has 2 rings (SSSR count). The third-order valence-electron chi connectivity index (χ3n) is 3.34. The van der Waals surface area contributed by atoms with E-state index in [1.807, 2.05) is 29.8 Å². The zero-order valence-corrected chi connectivity index (χ0v) is 12.9. The van der Waals surface area contributed by atoms with Gasteiger partial charge in [-0.2, -0.15) is 5.10 Å². The Morgan fingerprint density at radius 3 is 2.76 bits per heavy atom. The Labute approximate surface area is 125 Å². The third kappa shape index (κ3) is 3.76. The Morgan fingerprint density at radius 2 is 2.10 bits per heavy atom. The summed E-state index contributed by atoms with van der Waals surface area (Å²) in [5.41, 5.74) is 8.81. The lowest BCUT2D eigenvalue weighted by molar-refractivity contribution is 0.289. The summed E-state index contributed by atoms with van der Waals surface area (Å²) in [4.78, 5) is 0. The molecule has 2 aromatic rings. The second kappa shape index (κ2) is 7.13. The van der Waals surface area contributed by atoms with E-state index in [0.29, 0.717) is 13.2 Å². The molecule has 114 valence electrons. The van der Waals surface area contributed by atoms with Crippen LogP contribution >= 0.6 is 0 Å². The first kappa shape index (κ1) is 15.4. The van der Waals surface area contributed by atoms with Crippen LogP contribution in [0.15, 0.2) is 24.3 Å². The van der Waals surface area contributed by atoms with Crippen LogP contribution in [0.25, 0.3) is 0 Å². The molecule has 0 unspecified atom stereocenters. The van der Waals surface area contributed by atoms with Crippen molar-refractivity contribution in [2.75, 3.05) is 13.7 Å². The van der Waals surface area contributed by atoms with E-state index in [-0.39, 0.29) is 0 Å². The molecule has 0 bridgehead atoms. The van der Waals surface area contributed by atoms with Crippen LogP contribution in [0.3, 0.4) is 0 Å². The van der Waals surface area contributed by atoms with Gasteiger partial charge in [0.2, 0.25) is 0 Å².